The Morgan fingerprint density at radius 3 is 2.78 bits per heavy atom. The molecule has 8 nitrogen and oxygen atoms in total. The Morgan fingerprint density at radius 2 is 2.04 bits per heavy atom. The van der Waals surface area contributed by atoms with Crippen LogP contribution in [0.3, 0.4) is 0 Å². The van der Waals surface area contributed by atoms with Crippen molar-refractivity contribution in [3.63, 3.8) is 0 Å². The highest BCUT2D eigenvalue weighted by Crippen LogP contribution is 2.31. The van der Waals surface area contributed by atoms with E-state index >= 15 is 0 Å². The van der Waals surface area contributed by atoms with E-state index in [9.17, 15) is 14.0 Å². The molecule has 1 aromatic heterocycles. The summed E-state index contributed by atoms with van der Waals surface area (Å²) in [5.41, 5.74) is 1.80. The number of aromatic nitrogens is 1. The van der Waals surface area contributed by atoms with Crippen molar-refractivity contribution in [2.24, 2.45) is 0 Å². The molecular weight excluding hydrogens is 357 g/mol. The van der Waals surface area contributed by atoms with Gasteiger partial charge in [-0.2, -0.15) is 4.98 Å². The number of esters is 1. The molecule has 3 aromatic rings. The van der Waals surface area contributed by atoms with Crippen LogP contribution in [0.4, 0.5) is 21.8 Å². The third-order valence-electron chi connectivity index (χ3n) is 3.48. The minimum atomic E-state index is -0.541. The molecule has 0 bridgehead atoms. The molecule has 0 fully saturated rings. The first-order valence-electron chi connectivity index (χ1n) is 7.89. The zero-order valence-electron chi connectivity index (χ0n) is 14.5. The number of rotatable bonds is 6. The van der Waals surface area contributed by atoms with Gasteiger partial charge in [0.1, 0.15) is 17.1 Å². The zero-order valence-corrected chi connectivity index (χ0v) is 14.5. The molecule has 140 valence electrons. The number of hydrogen-bond donors (Lipinski definition) is 2. The number of carbonyl (C=O) groups excluding carboxylic acids is 2. The van der Waals surface area contributed by atoms with E-state index in [1.807, 2.05) is 0 Å². The zero-order chi connectivity index (χ0) is 19.4. The van der Waals surface area contributed by atoms with Crippen molar-refractivity contribution in [2.75, 3.05) is 24.4 Å². The lowest BCUT2D eigenvalue weighted by molar-refractivity contribution is -0.144. The molecule has 0 unspecified atom stereocenters. The van der Waals surface area contributed by atoms with E-state index in [4.69, 9.17) is 9.15 Å². The van der Waals surface area contributed by atoms with Crippen LogP contribution in [0.2, 0.25) is 0 Å². The number of oxazole rings is 1. The number of benzene rings is 2. The van der Waals surface area contributed by atoms with Crippen LogP contribution in [0.1, 0.15) is 6.92 Å². The summed E-state index contributed by atoms with van der Waals surface area (Å²) in [6.07, 6.45) is 0. The number of anilines is 3. The van der Waals surface area contributed by atoms with E-state index in [0.29, 0.717) is 28.2 Å². The highest BCUT2D eigenvalue weighted by atomic mass is 19.1. The third kappa shape index (κ3) is 4.51. The Morgan fingerprint density at radius 1 is 1.22 bits per heavy atom. The van der Waals surface area contributed by atoms with E-state index in [2.05, 4.69) is 20.4 Å². The monoisotopic (exact) mass is 373 g/mol. The molecule has 0 aliphatic carbocycles. The van der Waals surface area contributed by atoms with Crippen LogP contribution in [-0.4, -0.2) is 30.6 Å². The maximum atomic E-state index is 13.3. The number of halogens is 1. The maximum Gasteiger partial charge on any atom is 0.303 e. The maximum absolute atomic E-state index is 13.3. The smallest absolute Gasteiger partial charge is 0.303 e. The number of amides is 1. The van der Waals surface area contributed by atoms with Gasteiger partial charge < -0.3 is 24.5 Å². The van der Waals surface area contributed by atoms with Gasteiger partial charge in [-0.15, -0.1) is 0 Å². The van der Waals surface area contributed by atoms with Crippen molar-refractivity contribution in [1.82, 2.24) is 4.98 Å². The van der Waals surface area contributed by atoms with E-state index in [-0.39, 0.29) is 12.6 Å². The molecule has 3 rings (SSSR count). The van der Waals surface area contributed by atoms with Crippen LogP contribution in [0, 0.1) is 5.82 Å². The largest absolute Gasteiger partial charge is 0.494 e. The molecule has 0 radical (unpaired) electrons. The summed E-state index contributed by atoms with van der Waals surface area (Å²) in [5, 5.41) is 5.53. The Hall–Kier alpha value is -3.62. The lowest BCUT2D eigenvalue weighted by atomic mass is 10.2. The second kappa shape index (κ2) is 7.73. The fourth-order valence-corrected chi connectivity index (χ4v) is 2.31. The third-order valence-corrected chi connectivity index (χ3v) is 3.48. The average Bonchev–Trinajstić information content (AvgIpc) is 3.02. The molecule has 0 saturated heterocycles. The van der Waals surface area contributed by atoms with E-state index < -0.39 is 17.7 Å². The molecule has 2 aromatic carbocycles. The molecule has 0 saturated carbocycles. The number of methoxy groups -OCH3 is 1. The molecule has 0 atom stereocenters. The van der Waals surface area contributed by atoms with Gasteiger partial charge in [-0.3, -0.25) is 9.59 Å². The van der Waals surface area contributed by atoms with Gasteiger partial charge >= 0.3 is 5.97 Å². The predicted octanol–water partition coefficient (Wildman–Crippen LogP) is 3.22. The van der Waals surface area contributed by atoms with Gasteiger partial charge in [0.2, 0.25) is 0 Å². The van der Waals surface area contributed by atoms with Gasteiger partial charge in [-0.05, 0) is 24.3 Å². The number of ether oxygens (including phenoxy) is 2. The topological polar surface area (TPSA) is 103 Å². The molecule has 0 spiro atoms. The summed E-state index contributed by atoms with van der Waals surface area (Å²) in [6.45, 7) is 0.842. The SMILES string of the molecule is COc1cc(NC(=O)COC(C)=O)ccc1Nc1nc2cc(F)ccc2o1. The van der Waals surface area contributed by atoms with Gasteiger partial charge in [0.05, 0.1) is 12.8 Å². The van der Waals surface area contributed by atoms with Crippen molar-refractivity contribution in [2.45, 2.75) is 6.92 Å². The van der Waals surface area contributed by atoms with E-state index in [1.165, 1.54) is 32.2 Å². The molecular formula is C18H16FN3O5. The van der Waals surface area contributed by atoms with Gasteiger partial charge in [0.15, 0.2) is 12.2 Å². The van der Waals surface area contributed by atoms with Crippen LogP contribution in [0.25, 0.3) is 11.1 Å². The molecule has 1 amide bonds. The first kappa shape index (κ1) is 18.2. The second-order valence-electron chi connectivity index (χ2n) is 5.50. The summed E-state index contributed by atoms with van der Waals surface area (Å²) in [4.78, 5) is 26.6. The summed E-state index contributed by atoms with van der Waals surface area (Å²) in [7, 11) is 1.46. The highest BCUT2D eigenvalue weighted by Gasteiger charge is 2.12. The first-order chi connectivity index (χ1) is 12.9. The molecule has 1 heterocycles. The fraction of sp³-hybridized carbons (Fsp3) is 0.167. The van der Waals surface area contributed by atoms with E-state index in [1.54, 1.807) is 18.2 Å². The first-order valence-corrected chi connectivity index (χ1v) is 7.89. The highest BCUT2D eigenvalue weighted by molar-refractivity contribution is 5.93. The van der Waals surface area contributed by atoms with Gasteiger partial charge in [0, 0.05) is 24.7 Å². The van der Waals surface area contributed by atoms with E-state index in [0.717, 1.165) is 0 Å². The van der Waals surface area contributed by atoms with Crippen molar-refractivity contribution in [1.29, 1.82) is 0 Å². The van der Waals surface area contributed by atoms with Crippen LogP contribution in [0.15, 0.2) is 40.8 Å². The van der Waals surface area contributed by atoms with Crippen molar-refractivity contribution in [3.05, 3.63) is 42.2 Å². The summed E-state index contributed by atoms with van der Waals surface area (Å²) >= 11 is 0. The Balaban J connectivity index is 1.75. The number of fused-ring (bicyclic) bond motifs is 1. The second-order valence-corrected chi connectivity index (χ2v) is 5.50. The minimum absolute atomic E-state index is 0.167. The van der Waals surface area contributed by atoms with Crippen LogP contribution >= 0.6 is 0 Å². The standard InChI is InChI=1S/C18H16FN3O5/c1-10(23)26-9-17(24)20-12-4-5-13(16(8-12)25-2)21-18-22-14-7-11(19)3-6-15(14)27-18/h3-8H,9H2,1-2H3,(H,20,24)(H,21,22). The number of hydrogen-bond acceptors (Lipinski definition) is 7. The quantitative estimate of drug-likeness (QED) is 0.640. The van der Waals surface area contributed by atoms with Crippen LogP contribution in [-0.2, 0) is 14.3 Å². The molecule has 0 aliphatic rings. The Kier molecular flexibility index (Phi) is 5.20. The Bertz CT molecular complexity index is 1000. The van der Waals surface area contributed by atoms with Crippen molar-refractivity contribution in [3.8, 4) is 5.75 Å². The minimum Gasteiger partial charge on any atom is -0.494 e. The average molecular weight is 373 g/mol. The molecule has 27 heavy (non-hydrogen) atoms. The normalized spacial score (nSPS) is 10.5. The van der Waals surface area contributed by atoms with Crippen molar-refractivity contribution >= 4 is 40.4 Å². The summed E-state index contributed by atoms with van der Waals surface area (Å²) in [5.74, 6) is -1.02. The number of nitrogens with zero attached hydrogens (tertiary/aromatic N) is 1. The molecule has 2 N–H and O–H groups in total. The number of carbonyl (C=O) groups is 2. The van der Waals surface area contributed by atoms with Gasteiger partial charge in [-0.1, -0.05) is 0 Å². The van der Waals surface area contributed by atoms with Crippen LogP contribution in [0.5, 0.6) is 5.75 Å². The Labute approximate surface area is 153 Å². The molecule has 9 heteroatoms. The molecule has 0 aliphatic heterocycles. The van der Waals surface area contributed by atoms with Crippen molar-refractivity contribution < 1.29 is 27.9 Å². The number of nitrogens with one attached hydrogen (secondary N) is 2. The fourth-order valence-electron chi connectivity index (χ4n) is 2.31. The lowest BCUT2D eigenvalue weighted by Gasteiger charge is -2.11. The predicted molar refractivity (Wildman–Crippen MR) is 95.5 cm³/mol. The summed E-state index contributed by atoms with van der Waals surface area (Å²) < 4.78 is 28.7. The van der Waals surface area contributed by atoms with Gasteiger partial charge in [0.25, 0.3) is 11.9 Å². The lowest BCUT2D eigenvalue weighted by Crippen LogP contribution is -2.19. The van der Waals surface area contributed by atoms with Crippen LogP contribution < -0.4 is 15.4 Å². The summed E-state index contributed by atoms with van der Waals surface area (Å²) in [6, 6.07) is 9.06. The van der Waals surface area contributed by atoms with Gasteiger partial charge in [-0.25, -0.2) is 4.39 Å².